The number of carbonyl (C=O) groups excluding carboxylic acids is 1. The molecule has 0 unspecified atom stereocenters. The third-order valence-corrected chi connectivity index (χ3v) is 5.50. The lowest BCUT2D eigenvalue weighted by Gasteiger charge is -2.29. The fourth-order valence-electron chi connectivity index (χ4n) is 3.95. The first-order chi connectivity index (χ1) is 13.2. The summed E-state index contributed by atoms with van der Waals surface area (Å²) in [7, 11) is 0. The summed E-state index contributed by atoms with van der Waals surface area (Å²) in [6.45, 7) is 3.08. The Morgan fingerprint density at radius 1 is 1.15 bits per heavy atom. The predicted octanol–water partition coefficient (Wildman–Crippen LogP) is 3.21. The van der Waals surface area contributed by atoms with E-state index in [0.717, 1.165) is 38.0 Å². The van der Waals surface area contributed by atoms with Gasteiger partial charge in [0, 0.05) is 43.2 Å². The van der Waals surface area contributed by atoms with Gasteiger partial charge in [-0.15, -0.1) is 0 Å². The minimum Gasteiger partial charge on any atom is -0.361 e. The van der Waals surface area contributed by atoms with E-state index in [1.54, 1.807) is 5.48 Å². The average Bonchev–Trinajstić information content (AvgIpc) is 3.13. The number of carbonyl (C=O) groups is 1. The van der Waals surface area contributed by atoms with Crippen LogP contribution in [-0.4, -0.2) is 34.1 Å². The SMILES string of the molecule is O=C(CCc1ccc2c(c1)CN(CCc1c[nH]c3ccccc13)CC2)NO. The number of fused-ring (bicyclic) bond motifs is 2. The van der Waals surface area contributed by atoms with Crippen molar-refractivity contribution in [2.45, 2.75) is 32.2 Å². The highest BCUT2D eigenvalue weighted by Crippen LogP contribution is 2.23. The number of nitrogens with zero attached hydrogens (tertiary/aromatic N) is 1. The molecule has 2 heterocycles. The summed E-state index contributed by atoms with van der Waals surface area (Å²) in [5, 5.41) is 9.95. The Morgan fingerprint density at radius 2 is 2.04 bits per heavy atom. The van der Waals surface area contributed by atoms with Gasteiger partial charge < -0.3 is 4.98 Å². The van der Waals surface area contributed by atoms with Crippen LogP contribution in [-0.2, 0) is 30.6 Å². The maximum Gasteiger partial charge on any atom is 0.243 e. The zero-order valence-electron chi connectivity index (χ0n) is 15.4. The maximum atomic E-state index is 11.2. The number of H-pyrrole nitrogens is 1. The van der Waals surface area contributed by atoms with Crippen molar-refractivity contribution in [1.82, 2.24) is 15.4 Å². The zero-order valence-corrected chi connectivity index (χ0v) is 15.4. The van der Waals surface area contributed by atoms with Crippen LogP contribution in [0.4, 0.5) is 0 Å². The molecule has 0 atom stereocenters. The van der Waals surface area contributed by atoms with Crippen molar-refractivity contribution in [2.75, 3.05) is 13.1 Å². The van der Waals surface area contributed by atoms with E-state index in [-0.39, 0.29) is 5.91 Å². The molecule has 140 valence electrons. The Morgan fingerprint density at radius 3 is 2.93 bits per heavy atom. The van der Waals surface area contributed by atoms with Crippen molar-refractivity contribution < 1.29 is 10.0 Å². The molecule has 1 aromatic heterocycles. The van der Waals surface area contributed by atoms with Crippen molar-refractivity contribution in [3.05, 3.63) is 70.9 Å². The molecule has 2 aromatic carbocycles. The highest BCUT2D eigenvalue weighted by Gasteiger charge is 2.17. The number of nitrogens with one attached hydrogen (secondary N) is 2. The molecule has 1 aliphatic rings. The van der Waals surface area contributed by atoms with Crippen LogP contribution in [0.1, 0.15) is 28.7 Å². The molecule has 3 N–H and O–H groups in total. The van der Waals surface area contributed by atoms with Gasteiger partial charge in [0.2, 0.25) is 5.91 Å². The van der Waals surface area contributed by atoms with Crippen molar-refractivity contribution in [3.8, 4) is 0 Å². The van der Waals surface area contributed by atoms with Gasteiger partial charge in [-0.25, -0.2) is 5.48 Å². The van der Waals surface area contributed by atoms with E-state index >= 15 is 0 Å². The Hall–Kier alpha value is -2.63. The number of hydrogen-bond donors (Lipinski definition) is 3. The second-order valence-electron chi connectivity index (χ2n) is 7.27. The summed E-state index contributed by atoms with van der Waals surface area (Å²) in [5.41, 5.74) is 8.20. The lowest BCUT2D eigenvalue weighted by atomic mass is 9.95. The highest BCUT2D eigenvalue weighted by atomic mass is 16.5. The van der Waals surface area contributed by atoms with Gasteiger partial charge in [-0.3, -0.25) is 14.9 Å². The monoisotopic (exact) mass is 363 g/mol. The van der Waals surface area contributed by atoms with E-state index in [0.29, 0.717) is 12.8 Å². The van der Waals surface area contributed by atoms with Crippen LogP contribution < -0.4 is 5.48 Å². The van der Waals surface area contributed by atoms with E-state index in [2.05, 4.69) is 58.5 Å². The second kappa shape index (κ2) is 7.94. The number of aromatic nitrogens is 1. The first-order valence-electron chi connectivity index (χ1n) is 9.54. The van der Waals surface area contributed by atoms with Crippen molar-refractivity contribution >= 4 is 16.8 Å². The van der Waals surface area contributed by atoms with Gasteiger partial charge in [-0.1, -0.05) is 36.4 Å². The first-order valence-corrected chi connectivity index (χ1v) is 9.54. The Bertz CT molecular complexity index is 948. The normalized spacial score (nSPS) is 14.3. The van der Waals surface area contributed by atoms with Gasteiger partial charge in [0.25, 0.3) is 0 Å². The number of benzene rings is 2. The van der Waals surface area contributed by atoms with Crippen LogP contribution in [0.5, 0.6) is 0 Å². The summed E-state index contributed by atoms with van der Waals surface area (Å²) < 4.78 is 0. The van der Waals surface area contributed by atoms with Crippen molar-refractivity contribution in [1.29, 1.82) is 0 Å². The third-order valence-electron chi connectivity index (χ3n) is 5.50. The number of hydrogen-bond acceptors (Lipinski definition) is 3. The molecule has 0 saturated carbocycles. The molecule has 5 heteroatoms. The smallest absolute Gasteiger partial charge is 0.243 e. The van der Waals surface area contributed by atoms with Crippen LogP contribution in [0.2, 0.25) is 0 Å². The molecule has 1 aliphatic heterocycles. The van der Waals surface area contributed by atoms with Gasteiger partial charge in [-0.05, 0) is 47.6 Å². The first kappa shape index (κ1) is 17.8. The zero-order chi connectivity index (χ0) is 18.6. The molecular weight excluding hydrogens is 338 g/mol. The van der Waals surface area contributed by atoms with E-state index in [4.69, 9.17) is 5.21 Å². The molecule has 0 fully saturated rings. The average molecular weight is 363 g/mol. The molecule has 5 nitrogen and oxygen atoms in total. The van der Waals surface area contributed by atoms with Crippen molar-refractivity contribution in [2.24, 2.45) is 0 Å². The maximum absolute atomic E-state index is 11.2. The number of hydroxylamine groups is 1. The Kier molecular flexibility index (Phi) is 5.23. The van der Waals surface area contributed by atoms with Crippen LogP contribution in [0.3, 0.4) is 0 Å². The summed E-state index contributed by atoms with van der Waals surface area (Å²) in [6.07, 6.45) is 5.19. The van der Waals surface area contributed by atoms with Gasteiger partial charge in [0.05, 0.1) is 0 Å². The fraction of sp³-hybridized carbons (Fsp3) is 0.318. The molecule has 4 rings (SSSR count). The van der Waals surface area contributed by atoms with Gasteiger partial charge in [0.15, 0.2) is 0 Å². The summed E-state index contributed by atoms with van der Waals surface area (Å²) in [4.78, 5) is 17.1. The number of aromatic amines is 1. The molecular formula is C22H25N3O2. The number of rotatable bonds is 6. The minimum absolute atomic E-state index is 0.305. The number of aryl methyl sites for hydroxylation is 1. The molecule has 0 spiro atoms. The highest BCUT2D eigenvalue weighted by molar-refractivity contribution is 5.83. The summed E-state index contributed by atoms with van der Waals surface area (Å²) >= 11 is 0. The predicted molar refractivity (Wildman–Crippen MR) is 106 cm³/mol. The lowest BCUT2D eigenvalue weighted by Crippen LogP contribution is -2.32. The van der Waals surface area contributed by atoms with Gasteiger partial charge in [-0.2, -0.15) is 0 Å². The van der Waals surface area contributed by atoms with Gasteiger partial charge in [0.1, 0.15) is 0 Å². The molecule has 3 aromatic rings. The van der Waals surface area contributed by atoms with E-state index in [9.17, 15) is 4.79 Å². The van der Waals surface area contributed by atoms with Gasteiger partial charge >= 0.3 is 0 Å². The quantitative estimate of drug-likeness (QED) is 0.465. The third kappa shape index (κ3) is 4.04. The molecule has 0 bridgehead atoms. The summed E-state index contributed by atoms with van der Waals surface area (Å²) in [6, 6.07) is 15.0. The fourth-order valence-corrected chi connectivity index (χ4v) is 3.95. The topological polar surface area (TPSA) is 68.4 Å². The molecule has 0 radical (unpaired) electrons. The number of amides is 1. The largest absolute Gasteiger partial charge is 0.361 e. The van der Waals surface area contributed by atoms with E-state index in [1.807, 2.05) is 0 Å². The Labute approximate surface area is 159 Å². The molecule has 0 aliphatic carbocycles. The van der Waals surface area contributed by atoms with Crippen LogP contribution in [0.15, 0.2) is 48.7 Å². The van der Waals surface area contributed by atoms with Crippen LogP contribution in [0.25, 0.3) is 10.9 Å². The van der Waals surface area contributed by atoms with Crippen LogP contribution in [0, 0.1) is 0 Å². The molecule has 27 heavy (non-hydrogen) atoms. The van der Waals surface area contributed by atoms with E-state index < -0.39 is 0 Å². The summed E-state index contributed by atoms with van der Waals surface area (Å²) in [5.74, 6) is -0.340. The lowest BCUT2D eigenvalue weighted by molar-refractivity contribution is -0.129. The standard InChI is InChI=1S/C22H25N3O2/c26-22(24-27)8-6-16-5-7-17-9-11-25(15-19(17)13-16)12-10-18-14-23-21-4-2-1-3-20(18)21/h1-5,7,13-14,23,27H,6,8-12,15H2,(H,24,26). The van der Waals surface area contributed by atoms with E-state index in [1.165, 1.54) is 27.6 Å². The number of para-hydroxylation sites is 1. The molecule has 1 amide bonds. The molecule has 0 saturated heterocycles. The second-order valence-corrected chi connectivity index (χ2v) is 7.27. The van der Waals surface area contributed by atoms with Crippen molar-refractivity contribution in [3.63, 3.8) is 0 Å². The van der Waals surface area contributed by atoms with Crippen LogP contribution >= 0.6 is 0 Å². The Balaban J connectivity index is 1.39. The minimum atomic E-state index is -0.340.